The summed E-state index contributed by atoms with van der Waals surface area (Å²) in [5, 5.41) is 3.49. The molecule has 0 spiro atoms. The van der Waals surface area contributed by atoms with Crippen LogP contribution >= 0.6 is 34.8 Å². The summed E-state index contributed by atoms with van der Waals surface area (Å²) in [6.45, 7) is 1.46. The summed E-state index contributed by atoms with van der Waals surface area (Å²) in [5.74, 6) is -1.20. The highest BCUT2D eigenvalue weighted by Crippen LogP contribution is 2.26. The molecule has 0 aliphatic rings. The first-order chi connectivity index (χ1) is 10.9. The fraction of sp³-hybridized carbons (Fsp3) is 0.125. The lowest BCUT2D eigenvalue weighted by Gasteiger charge is -2.14. The van der Waals surface area contributed by atoms with Crippen molar-refractivity contribution in [3.05, 3.63) is 63.1 Å². The fourth-order valence-corrected chi connectivity index (χ4v) is 2.22. The minimum absolute atomic E-state index is 0.0875. The van der Waals surface area contributed by atoms with E-state index in [0.29, 0.717) is 10.7 Å². The Balaban J connectivity index is 2.01. The molecule has 0 heterocycles. The summed E-state index contributed by atoms with van der Waals surface area (Å²) in [6, 6.07) is 11.2. The zero-order chi connectivity index (χ0) is 17.0. The maximum atomic E-state index is 12.1. The molecule has 0 saturated heterocycles. The molecule has 0 bridgehead atoms. The van der Waals surface area contributed by atoms with Crippen LogP contribution in [-0.4, -0.2) is 18.0 Å². The number of rotatable bonds is 4. The lowest BCUT2D eigenvalue weighted by molar-refractivity contribution is -0.123. The highest BCUT2D eigenvalue weighted by atomic mass is 35.5. The first-order valence-corrected chi connectivity index (χ1v) is 7.73. The number of hydrogen-bond donors (Lipinski definition) is 1. The molecular formula is C16H12Cl3NO3. The summed E-state index contributed by atoms with van der Waals surface area (Å²) in [4.78, 5) is 24.1. The third-order valence-electron chi connectivity index (χ3n) is 2.94. The third-order valence-corrected chi connectivity index (χ3v) is 4.01. The van der Waals surface area contributed by atoms with Crippen LogP contribution in [0.1, 0.15) is 17.3 Å². The summed E-state index contributed by atoms with van der Waals surface area (Å²) >= 11 is 17.6. The standard InChI is InChI=1S/C16H12Cl3NO3/c1-9(15(21)20-11-7-5-10(17)6-8-11)23-16(22)12-3-2-4-13(18)14(12)19/h2-9H,1H3,(H,20,21)/t9-/m0/s1. The number of amides is 1. The van der Waals surface area contributed by atoms with Crippen LogP contribution in [0.2, 0.25) is 15.1 Å². The molecule has 0 fully saturated rings. The van der Waals surface area contributed by atoms with Crippen LogP contribution in [0.5, 0.6) is 0 Å². The Kier molecular flexibility index (Phi) is 5.88. The van der Waals surface area contributed by atoms with Crippen molar-refractivity contribution >= 4 is 52.4 Å². The first kappa shape index (κ1) is 17.6. The highest BCUT2D eigenvalue weighted by Gasteiger charge is 2.21. The molecule has 0 radical (unpaired) electrons. The first-order valence-electron chi connectivity index (χ1n) is 6.60. The van der Waals surface area contributed by atoms with Crippen molar-refractivity contribution in [3.8, 4) is 0 Å². The van der Waals surface area contributed by atoms with Crippen molar-refractivity contribution in [2.75, 3.05) is 5.32 Å². The quantitative estimate of drug-likeness (QED) is 0.782. The monoisotopic (exact) mass is 371 g/mol. The minimum atomic E-state index is -1.01. The fourth-order valence-electron chi connectivity index (χ4n) is 1.72. The summed E-state index contributed by atoms with van der Waals surface area (Å²) in [5.41, 5.74) is 0.647. The molecule has 1 N–H and O–H groups in total. The van der Waals surface area contributed by atoms with E-state index < -0.39 is 18.0 Å². The lowest BCUT2D eigenvalue weighted by atomic mass is 10.2. The van der Waals surface area contributed by atoms with Crippen molar-refractivity contribution in [3.63, 3.8) is 0 Å². The van der Waals surface area contributed by atoms with Gasteiger partial charge in [0.2, 0.25) is 0 Å². The highest BCUT2D eigenvalue weighted by molar-refractivity contribution is 6.43. The van der Waals surface area contributed by atoms with Gasteiger partial charge in [-0.15, -0.1) is 0 Å². The van der Waals surface area contributed by atoms with E-state index in [-0.39, 0.29) is 15.6 Å². The number of nitrogens with one attached hydrogen (secondary N) is 1. The molecule has 0 unspecified atom stereocenters. The average Bonchev–Trinajstić information content (AvgIpc) is 2.52. The Morgan fingerprint density at radius 3 is 2.35 bits per heavy atom. The zero-order valence-electron chi connectivity index (χ0n) is 12.0. The Hall–Kier alpha value is -1.75. The Morgan fingerprint density at radius 2 is 1.70 bits per heavy atom. The molecule has 1 atom stereocenters. The van der Waals surface area contributed by atoms with Crippen molar-refractivity contribution in [2.45, 2.75) is 13.0 Å². The molecule has 2 aromatic rings. The van der Waals surface area contributed by atoms with Crippen LogP contribution in [0.3, 0.4) is 0 Å². The van der Waals surface area contributed by atoms with Gasteiger partial charge in [0.05, 0.1) is 15.6 Å². The number of ether oxygens (including phenoxy) is 1. The van der Waals surface area contributed by atoms with Gasteiger partial charge in [-0.05, 0) is 43.3 Å². The van der Waals surface area contributed by atoms with Gasteiger partial charge in [-0.2, -0.15) is 0 Å². The second kappa shape index (κ2) is 7.68. The van der Waals surface area contributed by atoms with Crippen molar-refractivity contribution in [1.29, 1.82) is 0 Å². The molecule has 0 aromatic heterocycles. The Labute approximate surface area is 148 Å². The van der Waals surface area contributed by atoms with Crippen LogP contribution in [0.25, 0.3) is 0 Å². The van der Waals surface area contributed by atoms with E-state index in [9.17, 15) is 9.59 Å². The molecule has 7 heteroatoms. The number of hydrogen-bond acceptors (Lipinski definition) is 3. The second-order valence-corrected chi connectivity index (χ2v) is 5.87. The molecule has 2 aromatic carbocycles. The van der Waals surface area contributed by atoms with E-state index >= 15 is 0 Å². The third kappa shape index (κ3) is 4.61. The molecule has 4 nitrogen and oxygen atoms in total. The Bertz CT molecular complexity index is 732. The van der Waals surface area contributed by atoms with Crippen LogP contribution < -0.4 is 5.32 Å². The Morgan fingerprint density at radius 1 is 1.04 bits per heavy atom. The topological polar surface area (TPSA) is 55.4 Å². The van der Waals surface area contributed by atoms with E-state index in [2.05, 4.69) is 5.32 Å². The molecule has 2 rings (SSSR count). The molecule has 120 valence electrons. The van der Waals surface area contributed by atoms with E-state index in [4.69, 9.17) is 39.5 Å². The average molecular weight is 373 g/mol. The van der Waals surface area contributed by atoms with Gasteiger partial charge in [-0.25, -0.2) is 4.79 Å². The molecule has 1 amide bonds. The number of benzene rings is 2. The van der Waals surface area contributed by atoms with Crippen LogP contribution in [-0.2, 0) is 9.53 Å². The molecule has 0 saturated carbocycles. The van der Waals surface area contributed by atoms with Gasteiger partial charge in [0.1, 0.15) is 0 Å². The van der Waals surface area contributed by atoms with E-state index in [1.807, 2.05) is 0 Å². The largest absolute Gasteiger partial charge is 0.449 e. The minimum Gasteiger partial charge on any atom is -0.449 e. The number of anilines is 1. The lowest BCUT2D eigenvalue weighted by Crippen LogP contribution is -2.30. The molecule has 0 aliphatic heterocycles. The van der Waals surface area contributed by atoms with Gasteiger partial charge in [0, 0.05) is 10.7 Å². The molecule has 23 heavy (non-hydrogen) atoms. The predicted octanol–water partition coefficient (Wildman–Crippen LogP) is 4.83. The van der Waals surface area contributed by atoms with Gasteiger partial charge in [0.25, 0.3) is 5.91 Å². The number of esters is 1. The zero-order valence-corrected chi connectivity index (χ0v) is 14.2. The normalized spacial score (nSPS) is 11.7. The summed E-state index contributed by atoms with van der Waals surface area (Å²) < 4.78 is 5.11. The summed E-state index contributed by atoms with van der Waals surface area (Å²) in [7, 11) is 0. The van der Waals surface area contributed by atoms with Crippen molar-refractivity contribution in [1.82, 2.24) is 0 Å². The van der Waals surface area contributed by atoms with Gasteiger partial charge >= 0.3 is 5.97 Å². The van der Waals surface area contributed by atoms with Crippen LogP contribution in [0.15, 0.2) is 42.5 Å². The second-order valence-electron chi connectivity index (χ2n) is 4.65. The van der Waals surface area contributed by atoms with Crippen LogP contribution in [0, 0.1) is 0 Å². The van der Waals surface area contributed by atoms with Crippen molar-refractivity contribution in [2.24, 2.45) is 0 Å². The number of carbonyl (C=O) groups is 2. The van der Waals surface area contributed by atoms with E-state index in [1.54, 1.807) is 36.4 Å². The smallest absolute Gasteiger partial charge is 0.340 e. The van der Waals surface area contributed by atoms with Gasteiger partial charge in [-0.1, -0.05) is 40.9 Å². The number of carbonyl (C=O) groups excluding carboxylic acids is 2. The maximum absolute atomic E-state index is 12.1. The summed E-state index contributed by atoms with van der Waals surface area (Å²) in [6.07, 6.45) is -1.01. The number of halogens is 3. The predicted molar refractivity (Wildman–Crippen MR) is 91.4 cm³/mol. The van der Waals surface area contributed by atoms with E-state index in [0.717, 1.165) is 0 Å². The van der Waals surface area contributed by atoms with Crippen LogP contribution in [0.4, 0.5) is 5.69 Å². The van der Waals surface area contributed by atoms with Gasteiger partial charge < -0.3 is 10.1 Å². The SMILES string of the molecule is C[C@H](OC(=O)c1cccc(Cl)c1Cl)C(=O)Nc1ccc(Cl)cc1. The maximum Gasteiger partial charge on any atom is 0.340 e. The van der Waals surface area contributed by atoms with Gasteiger partial charge in [0.15, 0.2) is 6.10 Å². The molecule has 0 aliphatic carbocycles. The van der Waals surface area contributed by atoms with Gasteiger partial charge in [-0.3, -0.25) is 4.79 Å². The van der Waals surface area contributed by atoms with E-state index in [1.165, 1.54) is 13.0 Å². The molecular weight excluding hydrogens is 361 g/mol. The van der Waals surface area contributed by atoms with Crippen molar-refractivity contribution < 1.29 is 14.3 Å².